The number of ether oxygens (including phenoxy) is 1. The van der Waals surface area contributed by atoms with Crippen LogP contribution in [0.1, 0.15) is 24.0 Å². The van der Waals surface area contributed by atoms with E-state index in [9.17, 15) is 9.90 Å². The second-order valence-electron chi connectivity index (χ2n) is 3.61. The molecule has 0 aliphatic heterocycles. The van der Waals surface area contributed by atoms with Crippen LogP contribution in [0.3, 0.4) is 0 Å². The Morgan fingerprint density at radius 2 is 2.06 bits per heavy atom. The summed E-state index contributed by atoms with van der Waals surface area (Å²) in [6, 6.07) is 5.43. The molecule has 2 N–H and O–H groups in total. The Balaban J connectivity index is 2.65. The van der Waals surface area contributed by atoms with Crippen molar-refractivity contribution in [2.24, 2.45) is 0 Å². The first kappa shape index (κ1) is 12.5. The van der Waals surface area contributed by atoms with Gasteiger partial charge in [-0.25, -0.2) is 0 Å². The maximum Gasteiger partial charge on any atom is 0.303 e. The first-order valence-corrected chi connectivity index (χ1v) is 5.15. The van der Waals surface area contributed by atoms with Gasteiger partial charge in [-0.1, -0.05) is 18.2 Å². The van der Waals surface area contributed by atoms with Crippen molar-refractivity contribution in [1.29, 1.82) is 0 Å². The Bertz CT molecular complexity index is 360. The number of carbonyl (C=O) groups is 1. The quantitative estimate of drug-likeness (QED) is 0.775. The lowest BCUT2D eigenvalue weighted by atomic mass is 10.0. The van der Waals surface area contributed by atoms with Gasteiger partial charge in [-0.15, -0.1) is 0 Å². The van der Waals surface area contributed by atoms with E-state index in [1.165, 1.54) is 0 Å². The van der Waals surface area contributed by atoms with Crippen LogP contribution in [0.4, 0.5) is 0 Å². The molecule has 0 bridgehead atoms. The van der Waals surface area contributed by atoms with Crippen molar-refractivity contribution < 1.29 is 19.7 Å². The van der Waals surface area contributed by atoms with Gasteiger partial charge in [-0.3, -0.25) is 4.79 Å². The van der Waals surface area contributed by atoms with Crippen molar-refractivity contribution in [1.82, 2.24) is 0 Å². The Morgan fingerprint density at radius 3 is 2.69 bits per heavy atom. The summed E-state index contributed by atoms with van der Waals surface area (Å²) in [7, 11) is 1.57. The standard InChI is InChI=1S/C12H16O4/c1-16-8-10-6-2-4-9(12(10)15)5-3-7-11(13)14/h2,4,6,15H,3,5,7-8H2,1H3,(H,13,14). The van der Waals surface area contributed by atoms with E-state index < -0.39 is 5.97 Å². The first-order valence-electron chi connectivity index (χ1n) is 5.15. The maximum atomic E-state index is 10.4. The minimum Gasteiger partial charge on any atom is -0.507 e. The molecule has 0 saturated heterocycles. The fraction of sp³-hybridized carbons (Fsp3) is 0.417. The molecule has 88 valence electrons. The number of aliphatic carboxylic acids is 1. The highest BCUT2D eigenvalue weighted by Crippen LogP contribution is 2.24. The van der Waals surface area contributed by atoms with Crippen LogP contribution in [0.2, 0.25) is 0 Å². The summed E-state index contributed by atoms with van der Waals surface area (Å²) in [6.07, 6.45) is 1.21. The highest BCUT2D eigenvalue weighted by Gasteiger charge is 2.07. The molecule has 0 unspecified atom stereocenters. The molecule has 1 aromatic rings. The largest absolute Gasteiger partial charge is 0.507 e. The lowest BCUT2D eigenvalue weighted by Crippen LogP contribution is -1.97. The average Bonchev–Trinajstić information content (AvgIpc) is 2.23. The monoisotopic (exact) mass is 224 g/mol. The number of hydrogen-bond donors (Lipinski definition) is 2. The van der Waals surface area contributed by atoms with Crippen LogP contribution >= 0.6 is 0 Å². The van der Waals surface area contributed by atoms with Crippen molar-refractivity contribution in [2.45, 2.75) is 25.9 Å². The van der Waals surface area contributed by atoms with Gasteiger partial charge in [-0.2, -0.15) is 0 Å². The lowest BCUT2D eigenvalue weighted by Gasteiger charge is -2.08. The summed E-state index contributed by atoms with van der Waals surface area (Å²) < 4.78 is 4.95. The Kier molecular flexibility index (Phi) is 4.79. The van der Waals surface area contributed by atoms with Gasteiger partial charge < -0.3 is 14.9 Å². The summed E-state index contributed by atoms with van der Waals surface area (Å²) in [5.74, 6) is -0.595. The molecule has 4 nitrogen and oxygen atoms in total. The summed E-state index contributed by atoms with van der Waals surface area (Å²) in [5.41, 5.74) is 1.51. The first-order chi connectivity index (χ1) is 7.65. The van der Waals surface area contributed by atoms with Crippen LogP contribution in [-0.4, -0.2) is 23.3 Å². The molecule has 0 amide bonds. The van der Waals surface area contributed by atoms with E-state index in [1.54, 1.807) is 19.2 Å². The van der Waals surface area contributed by atoms with Crippen LogP contribution in [-0.2, 0) is 22.6 Å². The van der Waals surface area contributed by atoms with Gasteiger partial charge in [0.05, 0.1) is 6.61 Å². The maximum absolute atomic E-state index is 10.4. The molecule has 1 rings (SSSR count). The molecule has 0 aliphatic rings. The number of phenolic OH excluding ortho intramolecular Hbond substituents is 1. The van der Waals surface area contributed by atoms with Gasteiger partial charge in [0.2, 0.25) is 0 Å². The Hall–Kier alpha value is -1.55. The summed E-state index contributed by atoms with van der Waals surface area (Å²) in [6.45, 7) is 0.360. The number of hydrogen-bond acceptors (Lipinski definition) is 3. The van der Waals surface area contributed by atoms with E-state index in [2.05, 4.69) is 0 Å². The van der Waals surface area contributed by atoms with Gasteiger partial charge in [0.25, 0.3) is 0 Å². The highest BCUT2D eigenvalue weighted by atomic mass is 16.5. The van der Waals surface area contributed by atoms with Crippen molar-refractivity contribution in [3.8, 4) is 5.75 Å². The van der Waals surface area contributed by atoms with E-state index in [0.717, 1.165) is 11.1 Å². The summed E-state index contributed by atoms with van der Waals surface area (Å²) in [5, 5.41) is 18.4. The zero-order valence-corrected chi connectivity index (χ0v) is 9.27. The van der Waals surface area contributed by atoms with Gasteiger partial charge in [-0.05, 0) is 18.4 Å². The summed E-state index contributed by atoms with van der Waals surface area (Å²) >= 11 is 0. The Morgan fingerprint density at radius 1 is 1.38 bits per heavy atom. The zero-order valence-electron chi connectivity index (χ0n) is 9.27. The summed E-state index contributed by atoms with van der Waals surface area (Å²) in [4.78, 5) is 10.4. The average molecular weight is 224 g/mol. The second kappa shape index (κ2) is 6.12. The highest BCUT2D eigenvalue weighted by molar-refractivity contribution is 5.66. The number of carboxylic acid groups (broad SMARTS) is 1. The van der Waals surface area contributed by atoms with Gasteiger partial charge >= 0.3 is 5.97 Å². The molecule has 0 fully saturated rings. The molecule has 0 heterocycles. The van der Waals surface area contributed by atoms with Crippen LogP contribution < -0.4 is 0 Å². The molecule has 1 aromatic carbocycles. The number of benzene rings is 1. The van der Waals surface area contributed by atoms with E-state index in [1.807, 2.05) is 6.07 Å². The molecule has 16 heavy (non-hydrogen) atoms. The van der Waals surface area contributed by atoms with E-state index in [4.69, 9.17) is 9.84 Å². The second-order valence-corrected chi connectivity index (χ2v) is 3.61. The molecule has 0 aliphatic carbocycles. The molecule has 0 atom stereocenters. The third-order valence-electron chi connectivity index (χ3n) is 2.34. The molecule has 0 saturated carbocycles. The van der Waals surface area contributed by atoms with E-state index >= 15 is 0 Å². The number of aromatic hydroxyl groups is 1. The Labute approximate surface area is 94.5 Å². The fourth-order valence-corrected chi connectivity index (χ4v) is 1.55. The van der Waals surface area contributed by atoms with Crippen molar-refractivity contribution in [3.63, 3.8) is 0 Å². The van der Waals surface area contributed by atoms with E-state index in [-0.39, 0.29) is 12.2 Å². The lowest BCUT2D eigenvalue weighted by molar-refractivity contribution is -0.137. The minimum atomic E-state index is -0.812. The third kappa shape index (κ3) is 3.55. The molecule has 0 radical (unpaired) electrons. The predicted octanol–water partition coefficient (Wildman–Crippen LogP) is 1.95. The molecule has 0 aromatic heterocycles. The van der Waals surface area contributed by atoms with Gasteiger partial charge in [0, 0.05) is 19.1 Å². The van der Waals surface area contributed by atoms with Gasteiger partial charge in [0.1, 0.15) is 5.75 Å². The number of carboxylic acids is 1. The van der Waals surface area contributed by atoms with Crippen LogP contribution in [0.15, 0.2) is 18.2 Å². The minimum absolute atomic E-state index is 0.119. The zero-order chi connectivity index (χ0) is 12.0. The van der Waals surface area contributed by atoms with Gasteiger partial charge in [0.15, 0.2) is 0 Å². The number of aryl methyl sites for hydroxylation is 1. The molecular weight excluding hydrogens is 208 g/mol. The smallest absolute Gasteiger partial charge is 0.303 e. The molecule has 0 spiro atoms. The number of methoxy groups -OCH3 is 1. The van der Waals surface area contributed by atoms with Crippen LogP contribution in [0, 0.1) is 0 Å². The topological polar surface area (TPSA) is 66.8 Å². The van der Waals surface area contributed by atoms with Crippen LogP contribution in [0.5, 0.6) is 5.75 Å². The predicted molar refractivity (Wildman–Crippen MR) is 59.4 cm³/mol. The van der Waals surface area contributed by atoms with Crippen LogP contribution in [0.25, 0.3) is 0 Å². The van der Waals surface area contributed by atoms with Crippen molar-refractivity contribution in [3.05, 3.63) is 29.3 Å². The van der Waals surface area contributed by atoms with Crippen molar-refractivity contribution >= 4 is 5.97 Å². The third-order valence-corrected chi connectivity index (χ3v) is 2.34. The van der Waals surface area contributed by atoms with Crippen molar-refractivity contribution in [2.75, 3.05) is 7.11 Å². The number of rotatable bonds is 6. The molecule has 4 heteroatoms. The van der Waals surface area contributed by atoms with E-state index in [0.29, 0.717) is 19.4 Å². The fourth-order valence-electron chi connectivity index (χ4n) is 1.55. The number of phenols is 1. The molecular formula is C12H16O4. The SMILES string of the molecule is COCc1cccc(CCCC(=O)O)c1O. The normalized spacial score (nSPS) is 10.3. The number of para-hydroxylation sites is 1.